The maximum absolute atomic E-state index is 12.2. The van der Waals surface area contributed by atoms with E-state index in [1.54, 1.807) is 6.20 Å². The summed E-state index contributed by atoms with van der Waals surface area (Å²) >= 11 is 0. The van der Waals surface area contributed by atoms with Crippen LogP contribution >= 0.6 is 0 Å². The van der Waals surface area contributed by atoms with Gasteiger partial charge in [-0.15, -0.1) is 0 Å². The van der Waals surface area contributed by atoms with E-state index in [0.717, 1.165) is 31.6 Å². The molecule has 27 heavy (non-hydrogen) atoms. The summed E-state index contributed by atoms with van der Waals surface area (Å²) in [6.45, 7) is 2.80. The van der Waals surface area contributed by atoms with Crippen LogP contribution in [0.3, 0.4) is 0 Å². The Bertz CT molecular complexity index is 748. The fourth-order valence-electron chi connectivity index (χ4n) is 3.25. The normalized spacial score (nSPS) is 17.3. The Kier molecular flexibility index (Phi) is 6.79. The highest BCUT2D eigenvalue weighted by Gasteiger charge is 2.28. The molecule has 1 fully saturated rings. The number of pyridine rings is 1. The minimum atomic E-state index is 0.216. The van der Waals surface area contributed by atoms with E-state index in [-0.39, 0.29) is 11.8 Å². The third kappa shape index (κ3) is 6.09. The molecule has 1 aliphatic heterocycles. The van der Waals surface area contributed by atoms with Gasteiger partial charge in [0.05, 0.1) is 0 Å². The van der Waals surface area contributed by atoms with Crippen LogP contribution in [0.15, 0.2) is 59.7 Å². The Morgan fingerprint density at radius 2 is 2.00 bits per heavy atom. The highest BCUT2D eigenvalue weighted by atomic mass is 16.2. The van der Waals surface area contributed by atoms with Gasteiger partial charge < -0.3 is 16.0 Å². The summed E-state index contributed by atoms with van der Waals surface area (Å²) in [6, 6.07) is 16.1. The van der Waals surface area contributed by atoms with Gasteiger partial charge in [0, 0.05) is 56.8 Å². The van der Waals surface area contributed by atoms with Crippen molar-refractivity contribution in [1.82, 2.24) is 15.2 Å². The van der Waals surface area contributed by atoms with Crippen molar-refractivity contribution < 1.29 is 4.79 Å². The Morgan fingerprint density at radius 1 is 1.19 bits per heavy atom. The lowest BCUT2D eigenvalue weighted by atomic mass is 10.1. The van der Waals surface area contributed by atoms with Crippen LogP contribution in [0.4, 0.5) is 0 Å². The van der Waals surface area contributed by atoms with Gasteiger partial charge in [-0.1, -0.05) is 36.4 Å². The van der Waals surface area contributed by atoms with Crippen molar-refractivity contribution in [2.24, 2.45) is 16.6 Å². The molecule has 2 heterocycles. The number of carbonyl (C=O) groups is 1. The van der Waals surface area contributed by atoms with Crippen LogP contribution in [0.1, 0.15) is 17.7 Å². The topological polar surface area (TPSA) is 83.6 Å². The monoisotopic (exact) mass is 365 g/mol. The summed E-state index contributed by atoms with van der Waals surface area (Å²) in [5, 5.41) is 3.11. The Hall–Kier alpha value is -2.89. The number of hydrogen-bond acceptors (Lipinski definition) is 3. The van der Waals surface area contributed by atoms with Crippen LogP contribution in [0, 0.1) is 5.92 Å². The smallest absolute Gasteiger partial charge is 0.223 e. The number of aliphatic imine (C=N–C) groups is 1. The van der Waals surface area contributed by atoms with Crippen molar-refractivity contribution in [3.63, 3.8) is 0 Å². The fourth-order valence-corrected chi connectivity index (χ4v) is 3.25. The molecule has 0 bridgehead atoms. The molecule has 1 aromatic carbocycles. The molecule has 1 unspecified atom stereocenters. The number of benzene rings is 1. The molecule has 6 nitrogen and oxygen atoms in total. The standard InChI is InChI=1S/C21H27N5O/c22-21(24-12-9-19-8-4-5-11-23-19)25-15-18-14-20(27)26(16-18)13-10-17-6-2-1-3-7-17/h1-8,11,18H,9-10,12-16H2,(H3,22,24,25). The summed E-state index contributed by atoms with van der Waals surface area (Å²) in [7, 11) is 0. The zero-order valence-corrected chi connectivity index (χ0v) is 15.6. The van der Waals surface area contributed by atoms with Crippen LogP contribution in [-0.4, -0.2) is 47.9 Å². The molecule has 2 aromatic rings. The number of nitrogens with zero attached hydrogens (tertiary/aromatic N) is 3. The Labute approximate surface area is 160 Å². The molecule has 0 aliphatic carbocycles. The predicted octanol–water partition coefficient (Wildman–Crippen LogP) is 1.62. The van der Waals surface area contributed by atoms with Crippen molar-refractivity contribution in [2.45, 2.75) is 19.3 Å². The molecule has 3 N–H and O–H groups in total. The van der Waals surface area contributed by atoms with Crippen LogP contribution in [-0.2, 0) is 17.6 Å². The van der Waals surface area contributed by atoms with Gasteiger partial charge in [0.25, 0.3) is 0 Å². The molecule has 1 saturated heterocycles. The second kappa shape index (κ2) is 9.71. The number of nitrogens with two attached hydrogens (primary N) is 1. The number of carbonyl (C=O) groups excluding carboxylic acids is 1. The molecule has 1 aliphatic rings. The van der Waals surface area contributed by atoms with Gasteiger partial charge in [0.15, 0.2) is 5.96 Å². The molecule has 1 aromatic heterocycles. The van der Waals surface area contributed by atoms with E-state index in [9.17, 15) is 4.79 Å². The molecule has 0 saturated carbocycles. The first-order chi connectivity index (χ1) is 13.2. The minimum Gasteiger partial charge on any atom is -0.370 e. The minimum absolute atomic E-state index is 0.216. The third-order valence-electron chi connectivity index (χ3n) is 4.74. The quantitative estimate of drug-likeness (QED) is 0.550. The molecule has 0 spiro atoms. The number of nitrogens with one attached hydrogen (secondary N) is 1. The van der Waals surface area contributed by atoms with Crippen LogP contribution in [0.25, 0.3) is 0 Å². The Balaban J connectivity index is 1.37. The third-order valence-corrected chi connectivity index (χ3v) is 4.74. The fraction of sp³-hybridized carbons (Fsp3) is 0.381. The van der Waals surface area contributed by atoms with Gasteiger partial charge in [0.2, 0.25) is 5.91 Å². The van der Waals surface area contributed by atoms with E-state index in [4.69, 9.17) is 5.73 Å². The van der Waals surface area contributed by atoms with Crippen molar-refractivity contribution in [2.75, 3.05) is 26.2 Å². The molecule has 6 heteroatoms. The zero-order valence-electron chi connectivity index (χ0n) is 15.6. The maximum Gasteiger partial charge on any atom is 0.223 e. The van der Waals surface area contributed by atoms with Crippen LogP contribution in [0.2, 0.25) is 0 Å². The average Bonchev–Trinajstić information content (AvgIpc) is 3.06. The average molecular weight is 365 g/mol. The molecule has 1 atom stereocenters. The first kappa shape index (κ1) is 18.9. The molecular weight excluding hydrogens is 338 g/mol. The first-order valence-corrected chi connectivity index (χ1v) is 9.46. The van der Waals surface area contributed by atoms with Gasteiger partial charge in [-0.25, -0.2) is 0 Å². The number of rotatable bonds is 8. The summed E-state index contributed by atoms with van der Waals surface area (Å²) in [5.41, 5.74) is 8.22. The zero-order chi connectivity index (χ0) is 18.9. The number of hydrogen-bond donors (Lipinski definition) is 2. The highest BCUT2D eigenvalue weighted by Crippen LogP contribution is 2.18. The van der Waals surface area contributed by atoms with Gasteiger partial charge in [-0.2, -0.15) is 0 Å². The highest BCUT2D eigenvalue weighted by molar-refractivity contribution is 5.79. The van der Waals surface area contributed by atoms with Gasteiger partial charge in [0.1, 0.15) is 0 Å². The summed E-state index contributed by atoms with van der Waals surface area (Å²) < 4.78 is 0. The molecule has 0 radical (unpaired) electrons. The lowest BCUT2D eigenvalue weighted by Crippen LogP contribution is -2.34. The van der Waals surface area contributed by atoms with Crippen LogP contribution in [0.5, 0.6) is 0 Å². The maximum atomic E-state index is 12.2. The molecule has 1 amide bonds. The lowest BCUT2D eigenvalue weighted by Gasteiger charge is -2.16. The summed E-state index contributed by atoms with van der Waals surface area (Å²) in [5.74, 6) is 0.887. The predicted molar refractivity (Wildman–Crippen MR) is 107 cm³/mol. The SMILES string of the molecule is NC(=NCC1CC(=O)N(CCc2ccccc2)C1)NCCc1ccccn1. The van der Waals surface area contributed by atoms with E-state index >= 15 is 0 Å². The Morgan fingerprint density at radius 3 is 2.78 bits per heavy atom. The van der Waals surface area contributed by atoms with Gasteiger partial charge in [-0.05, 0) is 24.1 Å². The number of likely N-dealkylation sites (tertiary alicyclic amines) is 1. The number of amides is 1. The second-order valence-electron chi connectivity index (χ2n) is 6.87. The van der Waals surface area contributed by atoms with E-state index in [1.165, 1.54) is 5.56 Å². The van der Waals surface area contributed by atoms with Gasteiger partial charge >= 0.3 is 0 Å². The lowest BCUT2D eigenvalue weighted by molar-refractivity contribution is -0.127. The van der Waals surface area contributed by atoms with Crippen molar-refractivity contribution in [3.8, 4) is 0 Å². The first-order valence-electron chi connectivity index (χ1n) is 9.46. The molecule has 142 valence electrons. The molecular formula is C21H27N5O. The van der Waals surface area contributed by atoms with Crippen molar-refractivity contribution >= 4 is 11.9 Å². The summed E-state index contributed by atoms with van der Waals surface area (Å²) in [4.78, 5) is 22.8. The van der Waals surface area contributed by atoms with E-state index in [2.05, 4.69) is 27.4 Å². The van der Waals surface area contributed by atoms with Gasteiger partial charge in [-0.3, -0.25) is 14.8 Å². The molecule has 3 rings (SSSR count). The van der Waals surface area contributed by atoms with E-state index in [1.807, 2.05) is 41.3 Å². The van der Waals surface area contributed by atoms with E-state index in [0.29, 0.717) is 25.5 Å². The largest absolute Gasteiger partial charge is 0.370 e. The number of guanidine groups is 1. The number of aromatic nitrogens is 1. The van der Waals surface area contributed by atoms with E-state index < -0.39 is 0 Å². The summed E-state index contributed by atoms with van der Waals surface area (Å²) in [6.07, 6.45) is 4.03. The van der Waals surface area contributed by atoms with Crippen molar-refractivity contribution in [1.29, 1.82) is 0 Å². The second-order valence-corrected chi connectivity index (χ2v) is 6.87. The van der Waals surface area contributed by atoms with Crippen molar-refractivity contribution in [3.05, 3.63) is 66.0 Å². The van der Waals surface area contributed by atoms with Crippen LogP contribution < -0.4 is 11.1 Å².